The van der Waals surface area contributed by atoms with Gasteiger partial charge in [0.05, 0.1) is 0 Å². The lowest BCUT2D eigenvalue weighted by Gasteiger charge is -2.31. The number of furan rings is 1. The Bertz CT molecular complexity index is 491. The highest BCUT2D eigenvalue weighted by atomic mass is 16.4. The smallest absolute Gasteiger partial charge is 0.249 e. The lowest BCUT2D eigenvalue weighted by atomic mass is 10.2. The van der Waals surface area contributed by atoms with E-state index in [-0.39, 0.29) is 29.9 Å². The standard InChI is InChI=1S/C11H12N2O4/c1-6-11(16)12-9(15)5-13(6)10-4-3-8(17-10)7(2)14/h3-4,6H,5H2,1-2H3,(H,12,15,16). The summed E-state index contributed by atoms with van der Waals surface area (Å²) in [6.07, 6.45) is 0. The predicted octanol–water partition coefficient (Wildman–Crippen LogP) is 0.333. The topological polar surface area (TPSA) is 79.6 Å². The van der Waals surface area contributed by atoms with Gasteiger partial charge in [0.15, 0.2) is 17.4 Å². The van der Waals surface area contributed by atoms with Gasteiger partial charge in [0, 0.05) is 13.0 Å². The molecule has 1 atom stereocenters. The van der Waals surface area contributed by atoms with Crippen LogP contribution in [0.15, 0.2) is 16.5 Å². The molecule has 1 saturated heterocycles. The van der Waals surface area contributed by atoms with Crippen LogP contribution >= 0.6 is 0 Å². The van der Waals surface area contributed by atoms with Crippen LogP contribution in [0.4, 0.5) is 5.88 Å². The number of imide groups is 1. The van der Waals surface area contributed by atoms with Gasteiger partial charge in [-0.2, -0.15) is 0 Å². The fourth-order valence-electron chi connectivity index (χ4n) is 1.65. The lowest BCUT2D eigenvalue weighted by Crippen LogP contribution is -2.57. The number of piperazine rings is 1. The number of amides is 2. The molecule has 0 aromatic carbocycles. The maximum absolute atomic E-state index is 11.4. The Labute approximate surface area is 97.6 Å². The average molecular weight is 236 g/mol. The summed E-state index contributed by atoms with van der Waals surface area (Å²) in [6, 6.07) is 2.61. The second-order valence-electron chi connectivity index (χ2n) is 3.91. The molecule has 1 aliphatic heterocycles. The second kappa shape index (κ2) is 4.04. The normalized spacial score (nSPS) is 20.4. The van der Waals surface area contributed by atoms with Gasteiger partial charge in [0.1, 0.15) is 12.6 Å². The van der Waals surface area contributed by atoms with E-state index >= 15 is 0 Å². The monoisotopic (exact) mass is 236 g/mol. The van der Waals surface area contributed by atoms with Crippen LogP contribution in [0.3, 0.4) is 0 Å². The largest absolute Gasteiger partial charge is 0.437 e. The van der Waals surface area contributed by atoms with Crippen molar-refractivity contribution in [2.45, 2.75) is 19.9 Å². The maximum atomic E-state index is 11.4. The summed E-state index contributed by atoms with van der Waals surface area (Å²) in [5, 5.41) is 2.23. The van der Waals surface area contributed by atoms with Crippen LogP contribution < -0.4 is 10.2 Å². The van der Waals surface area contributed by atoms with Crippen LogP contribution in [-0.4, -0.2) is 30.2 Å². The summed E-state index contributed by atoms with van der Waals surface area (Å²) in [5.41, 5.74) is 0. The van der Waals surface area contributed by atoms with Crippen LogP contribution in [0.1, 0.15) is 24.4 Å². The molecular weight excluding hydrogens is 224 g/mol. The van der Waals surface area contributed by atoms with E-state index in [1.165, 1.54) is 17.9 Å². The fourth-order valence-corrected chi connectivity index (χ4v) is 1.65. The number of hydrogen-bond acceptors (Lipinski definition) is 5. The van der Waals surface area contributed by atoms with E-state index in [1.807, 2.05) is 0 Å². The first kappa shape index (κ1) is 11.4. The van der Waals surface area contributed by atoms with Gasteiger partial charge in [-0.05, 0) is 13.0 Å². The van der Waals surface area contributed by atoms with E-state index in [0.717, 1.165) is 0 Å². The van der Waals surface area contributed by atoms with Crippen LogP contribution in [0.2, 0.25) is 0 Å². The zero-order valence-corrected chi connectivity index (χ0v) is 9.52. The minimum Gasteiger partial charge on any atom is -0.437 e. The van der Waals surface area contributed by atoms with Crippen LogP contribution in [0.5, 0.6) is 0 Å². The van der Waals surface area contributed by atoms with Gasteiger partial charge in [-0.3, -0.25) is 19.7 Å². The molecule has 1 fully saturated rings. The van der Waals surface area contributed by atoms with Gasteiger partial charge in [-0.25, -0.2) is 0 Å². The molecule has 6 heteroatoms. The molecule has 6 nitrogen and oxygen atoms in total. The molecule has 1 aliphatic rings. The van der Waals surface area contributed by atoms with Crippen molar-refractivity contribution in [3.05, 3.63) is 17.9 Å². The third-order valence-corrected chi connectivity index (χ3v) is 2.65. The molecule has 1 aromatic rings. The van der Waals surface area contributed by atoms with E-state index in [9.17, 15) is 14.4 Å². The minimum absolute atomic E-state index is 0.0394. The van der Waals surface area contributed by atoms with Crippen molar-refractivity contribution < 1.29 is 18.8 Å². The van der Waals surface area contributed by atoms with Crippen molar-refractivity contribution >= 4 is 23.5 Å². The highest BCUT2D eigenvalue weighted by Gasteiger charge is 2.32. The summed E-state index contributed by atoms with van der Waals surface area (Å²) in [4.78, 5) is 35.3. The van der Waals surface area contributed by atoms with Crippen molar-refractivity contribution in [2.24, 2.45) is 0 Å². The number of carbonyl (C=O) groups is 3. The first-order valence-corrected chi connectivity index (χ1v) is 5.20. The van der Waals surface area contributed by atoms with Gasteiger partial charge in [-0.15, -0.1) is 0 Å². The molecule has 0 radical (unpaired) electrons. The average Bonchev–Trinajstić information content (AvgIpc) is 2.72. The SMILES string of the molecule is CC(=O)c1ccc(N2CC(=O)NC(=O)C2C)o1. The summed E-state index contributed by atoms with van der Waals surface area (Å²) >= 11 is 0. The number of Topliss-reactive ketones (excluding diaryl/α,β-unsaturated/α-hetero) is 1. The number of anilines is 1. The predicted molar refractivity (Wildman–Crippen MR) is 58.7 cm³/mol. The van der Waals surface area contributed by atoms with Crippen LogP contribution in [0, 0.1) is 0 Å². The molecule has 2 amide bonds. The highest BCUT2D eigenvalue weighted by molar-refractivity contribution is 6.04. The molecule has 90 valence electrons. The van der Waals surface area contributed by atoms with E-state index in [4.69, 9.17) is 4.42 Å². The zero-order valence-electron chi connectivity index (χ0n) is 9.52. The van der Waals surface area contributed by atoms with E-state index in [2.05, 4.69) is 5.32 Å². The summed E-state index contributed by atoms with van der Waals surface area (Å²) in [7, 11) is 0. The van der Waals surface area contributed by atoms with E-state index in [0.29, 0.717) is 5.88 Å². The summed E-state index contributed by atoms with van der Waals surface area (Å²) in [6.45, 7) is 3.09. The zero-order chi connectivity index (χ0) is 12.6. The van der Waals surface area contributed by atoms with Gasteiger partial charge < -0.3 is 9.32 Å². The molecule has 0 saturated carbocycles. The van der Waals surface area contributed by atoms with Crippen molar-refractivity contribution in [3.63, 3.8) is 0 Å². The first-order valence-electron chi connectivity index (χ1n) is 5.20. The van der Waals surface area contributed by atoms with Crippen molar-refractivity contribution in [3.8, 4) is 0 Å². The molecule has 1 unspecified atom stereocenters. The molecule has 1 aromatic heterocycles. The molecule has 2 rings (SSSR count). The Morgan fingerprint density at radius 3 is 2.76 bits per heavy atom. The Morgan fingerprint density at radius 2 is 2.18 bits per heavy atom. The van der Waals surface area contributed by atoms with Crippen molar-refractivity contribution in [1.82, 2.24) is 5.32 Å². The summed E-state index contributed by atoms with van der Waals surface area (Å²) in [5.74, 6) is -0.385. The molecular formula is C11H12N2O4. The number of ketones is 1. The van der Waals surface area contributed by atoms with Crippen molar-refractivity contribution in [2.75, 3.05) is 11.4 Å². The number of nitrogens with zero attached hydrogens (tertiary/aromatic N) is 1. The third kappa shape index (κ3) is 2.06. The lowest BCUT2D eigenvalue weighted by molar-refractivity contribution is -0.132. The molecule has 1 N–H and O–H groups in total. The molecule has 2 heterocycles. The Morgan fingerprint density at radius 1 is 1.47 bits per heavy atom. The van der Waals surface area contributed by atoms with Gasteiger partial charge >= 0.3 is 0 Å². The van der Waals surface area contributed by atoms with Gasteiger partial charge in [0.2, 0.25) is 11.8 Å². The number of nitrogens with one attached hydrogen (secondary N) is 1. The molecule has 0 aliphatic carbocycles. The number of rotatable bonds is 2. The van der Waals surface area contributed by atoms with Crippen LogP contribution in [0.25, 0.3) is 0 Å². The Balaban J connectivity index is 2.28. The van der Waals surface area contributed by atoms with E-state index in [1.54, 1.807) is 13.0 Å². The van der Waals surface area contributed by atoms with Crippen molar-refractivity contribution in [1.29, 1.82) is 0 Å². The maximum Gasteiger partial charge on any atom is 0.249 e. The van der Waals surface area contributed by atoms with Crippen LogP contribution in [-0.2, 0) is 9.59 Å². The molecule has 0 bridgehead atoms. The quantitative estimate of drug-likeness (QED) is 0.591. The Hall–Kier alpha value is -2.11. The number of hydrogen-bond donors (Lipinski definition) is 1. The number of carbonyl (C=O) groups excluding carboxylic acids is 3. The highest BCUT2D eigenvalue weighted by Crippen LogP contribution is 2.22. The third-order valence-electron chi connectivity index (χ3n) is 2.65. The first-order chi connectivity index (χ1) is 7.99. The van der Waals surface area contributed by atoms with Gasteiger partial charge in [-0.1, -0.05) is 0 Å². The minimum atomic E-state index is -0.501. The Kier molecular flexibility index (Phi) is 2.71. The molecule has 0 spiro atoms. The second-order valence-corrected chi connectivity index (χ2v) is 3.91. The summed E-state index contributed by atoms with van der Waals surface area (Å²) < 4.78 is 5.30. The molecule has 17 heavy (non-hydrogen) atoms. The van der Waals surface area contributed by atoms with E-state index < -0.39 is 6.04 Å². The fraction of sp³-hybridized carbons (Fsp3) is 0.364. The van der Waals surface area contributed by atoms with Gasteiger partial charge in [0.25, 0.3) is 0 Å².